The number of nitrogens with zero attached hydrogens (tertiary/aromatic N) is 4. The Morgan fingerprint density at radius 2 is 1.91 bits per heavy atom. The molecule has 23 heavy (non-hydrogen) atoms. The highest BCUT2D eigenvalue weighted by Crippen LogP contribution is 2.35. The molecule has 0 radical (unpaired) electrons. The zero-order valence-corrected chi connectivity index (χ0v) is 13.8. The number of methoxy groups -OCH3 is 1. The molecule has 0 aromatic heterocycles. The number of anilines is 1. The summed E-state index contributed by atoms with van der Waals surface area (Å²) in [5.74, 6) is -3.39. The Morgan fingerprint density at radius 3 is 2.48 bits per heavy atom. The lowest BCUT2D eigenvalue weighted by Crippen LogP contribution is -2.36. The van der Waals surface area contributed by atoms with Crippen molar-refractivity contribution < 1.29 is 19.1 Å². The van der Waals surface area contributed by atoms with Gasteiger partial charge in [0.25, 0.3) is 5.91 Å². The Labute approximate surface area is 143 Å². The third kappa shape index (κ3) is 2.29. The summed E-state index contributed by atoms with van der Waals surface area (Å²) in [6.45, 7) is 0. The van der Waals surface area contributed by atoms with E-state index in [0.29, 0.717) is 10.8 Å². The Kier molecular flexibility index (Phi) is 3.83. The van der Waals surface area contributed by atoms with Gasteiger partial charge in [-0.1, -0.05) is 0 Å². The smallest absolute Gasteiger partial charge is 0.355 e. The van der Waals surface area contributed by atoms with E-state index in [2.05, 4.69) is 37.7 Å². The second kappa shape index (κ2) is 5.68. The molecule has 2 heterocycles. The average Bonchev–Trinajstić information content (AvgIpc) is 3.05. The van der Waals surface area contributed by atoms with Gasteiger partial charge in [-0.3, -0.25) is 9.59 Å². The number of esters is 1. The van der Waals surface area contributed by atoms with Crippen molar-refractivity contribution in [2.75, 3.05) is 12.0 Å². The molecule has 3 rings (SSSR count). The zero-order valence-electron chi connectivity index (χ0n) is 11.7. The van der Waals surface area contributed by atoms with Crippen LogP contribution in [0.5, 0.6) is 0 Å². The van der Waals surface area contributed by atoms with Crippen LogP contribution >= 0.6 is 22.6 Å². The van der Waals surface area contributed by atoms with E-state index in [1.165, 1.54) is 0 Å². The topological polar surface area (TPSA) is 109 Å². The molecule has 0 N–H and O–H groups in total. The number of fused-ring (bicyclic) bond motifs is 1. The minimum atomic E-state index is -1.26. The van der Waals surface area contributed by atoms with E-state index in [1.807, 2.05) is 0 Å². The number of ether oxygens (including phenoxy) is 1. The molecule has 2 aliphatic heterocycles. The third-order valence-electron chi connectivity index (χ3n) is 3.59. The van der Waals surface area contributed by atoms with Crippen LogP contribution in [0.15, 0.2) is 34.7 Å². The van der Waals surface area contributed by atoms with Gasteiger partial charge in [0.05, 0.1) is 18.1 Å². The maximum absolute atomic E-state index is 12.6. The minimum absolute atomic E-state index is 0.302. The van der Waals surface area contributed by atoms with Crippen LogP contribution in [0.2, 0.25) is 0 Å². The highest BCUT2D eigenvalue weighted by atomic mass is 127. The molecule has 118 valence electrons. The fourth-order valence-corrected chi connectivity index (χ4v) is 2.94. The van der Waals surface area contributed by atoms with Gasteiger partial charge >= 0.3 is 5.97 Å². The van der Waals surface area contributed by atoms with E-state index in [0.717, 1.165) is 15.6 Å². The van der Waals surface area contributed by atoms with E-state index in [4.69, 9.17) is 0 Å². The molecule has 2 aliphatic rings. The quantitative estimate of drug-likeness (QED) is 0.303. The van der Waals surface area contributed by atoms with Gasteiger partial charge in [0.15, 0.2) is 11.8 Å². The van der Waals surface area contributed by atoms with Crippen LogP contribution in [-0.4, -0.2) is 41.8 Å². The van der Waals surface area contributed by atoms with E-state index in [9.17, 15) is 19.3 Å². The maximum atomic E-state index is 12.6. The molecular formula is C13H9IN4O5. The monoisotopic (exact) mass is 428 g/mol. The van der Waals surface area contributed by atoms with Crippen molar-refractivity contribution in [3.05, 3.63) is 32.7 Å². The fraction of sp³-hybridized carbons (Fsp3) is 0.231. The second-order valence-corrected chi connectivity index (χ2v) is 6.04. The molecule has 0 bridgehead atoms. The summed E-state index contributed by atoms with van der Waals surface area (Å²) in [4.78, 5) is 48.7. The maximum Gasteiger partial charge on any atom is 0.355 e. The molecule has 0 spiro atoms. The summed E-state index contributed by atoms with van der Waals surface area (Å²) in [5, 5.41) is 6.79. The highest BCUT2D eigenvalue weighted by Gasteiger charge is 2.59. The molecule has 9 nitrogen and oxygen atoms in total. The predicted octanol–water partition coefficient (Wildman–Crippen LogP) is 0.675. The first kappa shape index (κ1) is 15.5. The van der Waals surface area contributed by atoms with E-state index in [-0.39, 0.29) is 5.71 Å². The summed E-state index contributed by atoms with van der Waals surface area (Å²) < 4.78 is 5.48. The SMILES string of the molecule is COC(=O)C1=NN(N=O)C2C(=O)N(c3ccc(I)cc3)C(=O)C12. The molecule has 10 heteroatoms. The van der Waals surface area contributed by atoms with Gasteiger partial charge in [0, 0.05) is 3.57 Å². The first-order valence-corrected chi connectivity index (χ1v) is 7.50. The van der Waals surface area contributed by atoms with Crippen molar-refractivity contribution in [1.82, 2.24) is 5.12 Å². The molecule has 1 aromatic rings. The largest absolute Gasteiger partial charge is 0.464 e. The van der Waals surface area contributed by atoms with Crippen molar-refractivity contribution in [3.63, 3.8) is 0 Å². The number of carbonyl (C=O) groups is 3. The van der Waals surface area contributed by atoms with E-state index >= 15 is 0 Å². The Hall–Kier alpha value is -2.37. The average molecular weight is 428 g/mol. The number of amides is 2. The lowest BCUT2D eigenvalue weighted by Gasteiger charge is -2.16. The van der Waals surface area contributed by atoms with E-state index < -0.39 is 29.7 Å². The lowest BCUT2D eigenvalue weighted by atomic mass is 9.98. The number of hydrogen-bond donors (Lipinski definition) is 0. The molecule has 1 saturated heterocycles. The molecule has 2 unspecified atom stereocenters. The molecule has 0 aliphatic carbocycles. The highest BCUT2D eigenvalue weighted by molar-refractivity contribution is 14.1. The van der Waals surface area contributed by atoms with Crippen molar-refractivity contribution in [2.24, 2.45) is 16.3 Å². The van der Waals surface area contributed by atoms with Gasteiger partial charge in [-0.05, 0) is 46.9 Å². The van der Waals surface area contributed by atoms with Crippen molar-refractivity contribution in [3.8, 4) is 0 Å². The molecular weight excluding hydrogens is 419 g/mol. The third-order valence-corrected chi connectivity index (χ3v) is 4.31. The summed E-state index contributed by atoms with van der Waals surface area (Å²) in [5.41, 5.74) is 0.0494. The van der Waals surface area contributed by atoms with Crippen LogP contribution in [0.25, 0.3) is 0 Å². The Morgan fingerprint density at radius 1 is 1.26 bits per heavy atom. The first-order valence-electron chi connectivity index (χ1n) is 6.42. The van der Waals surface area contributed by atoms with Gasteiger partial charge in [-0.15, -0.1) is 15.1 Å². The standard InChI is InChI=1S/C13H9IN4O5/c1-23-13(21)9-8-10(18(15-9)16-22)12(20)17(11(8)19)7-4-2-6(14)3-5-7/h2-5,8,10H,1H3. The second-order valence-electron chi connectivity index (χ2n) is 4.79. The van der Waals surface area contributed by atoms with Crippen LogP contribution in [0.4, 0.5) is 5.69 Å². The normalized spacial score (nSPS) is 23.0. The summed E-state index contributed by atoms with van der Waals surface area (Å²) >= 11 is 2.09. The van der Waals surface area contributed by atoms with Crippen LogP contribution in [0.3, 0.4) is 0 Å². The van der Waals surface area contributed by atoms with Gasteiger partial charge in [0.2, 0.25) is 5.91 Å². The van der Waals surface area contributed by atoms with Crippen LogP contribution < -0.4 is 4.90 Å². The fourth-order valence-electron chi connectivity index (χ4n) is 2.58. The molecule has 2 amide bonds. The number of benzene rings is 1. The van der Waals surface area contributed by atoms with E-state index in [1.54, 1.807) is 24.3 Å². The number of halogens is 1. The van der Waals surface area contributed by atoms with Gasteiger partial charge in [-0.2, -0.15) is 0 Å². The minimum Gasteiger partial charge on any atom is -0.464 e. The summed E-state index contributed by atoms with van der Waals surface area (Å²) in [6, 6.07) is 5.41. The van der Waals surface area contributed by atoms with Gasteiger partial charge < -0.3 is 4.74 Å². The van der Waals surface area contributed by atoms with Crippen LogP contribution in [-0.2, 0) is 19.1 Å². The Bertz CT molecular complexity index is 747. The Balaban J connectivity index is 2.03. The number of rotatable bonds is 3. The number of hydrazone groups is 1. The number of carbonyl (C=O) groups excluding carboxylic acids is 3. The summed E-state index contributed by atoms with van der Waals surface area (Å²) in [7, 11) is 1.12. The summed E-state index contributed by atoms with van der Waals surface area (Å²) in [6.07, 6.45) is 0. The zero-order chi connectivity index (χ0) is 16.7. The number of hydrogen-bond acceptors (Lipinski definition) is 7. The van der Waals surface area contributed by atoms with Crippen LogP contribution in [0, 0.1) is 14.4 Å². The van der Waals surface area contributed by atoms with Crippen LogP contribution in [0.1, 0.15) is 0 Å². The lowest BCUT2D eigenvalue weighted by molar-refractivity contribution is -0.133. The van der Waals surface area contributed by atoms with Crippen molar-refractivity contribution in [2.45, 2.75) is 6.04 Å². The van der Waals surface area contributed by atoms with Gasteiger partial charge in [0.1, 0.15) is 5.92 Å². The molecule has 2 atom stereocenters. The van der Waals surface area contributed by atoms with Crippen molar-refractivity contribution >= 4 is 51.8 Å². The molecule has 0 saturated carbocycles. The molecule has 1 aromatic carbocycles. The molecule has 1 fully saturated rings. The first-order chi connectivity index (χ1) is 11.0. The van der Waals surface area contributed by atoms with Crippen molar-refractivity contribution in [1.29, 1.82) is 0 Å². The number of imide groups is 1. The number of nitroso groups, excluding NO2 is 1. The van der Waals surface area contributed by atoms with Gasteiger partial charge in [-0.25, -0.2) is 9.69 Å². The predicted molar refractivity (Wildman–Crippen MR) is 86.0 cm³/mol.